The molecule has 0 fully saturated rings. The Kier molecular flexibility index (Phi) is 3.57. The molecule has 1 heterocycles. The number of nitrogens with zero attached hydrogens (tertiary/aromatic N) is 1. The summed E-state index contributed by atoms with van der Waals surface area (Å²) >= 11 is 11.8. The molecule has 0 bridgehead atoms. The molecule has 0 spiro atoms. The SMILES string of the molecule is Cc1nc2cc(NC(=O)c3cc(Cl)cc(Cl)c3)ccc2o1. The van der Waals surface area contributed by atoms with Gasteiger partial charge >= 0.3 is 0 Å². The zero-order valence-electron chi connectivity index (χ0n) is 11.0. The summed E-state index contributed by atoms with van der Waals surface area (Å²) in [4.78, 5) is 16.4. The Hall–Kier alpha value is -2.04. The molecule has 1 aromatic heterocycles. The van der Waals surface area contributed by atoms with Crippen molar-refractivity contribution in [3.05, 3.63) is 57.9 Å². The average Bonchev–Trinajstić information content (AvgIpc) is 2.77. The molecule has 21 heavy (non-hydrogen) atoms. The summed E-state index contributed by atoms with van der Waals surface area (Å²) in [5, 5.41) is 3.60. The zero-order chi connectivity index (χ0) is 15.0. The molecule has 106 valence electrons. The van der Waals surface area contributed by atoms with Gasteiger partial charge in [-0.3, -0.25) is 4.79 Å². The summed E-state index contributed by atoms with van der Waals surface area (Å²) in [6.45, 7) is 1.77. The molecule has 1 amide bonds. The molecule has 2 aromatic carbocycles. The lowest BCUT2D eigenvalue weighted by Crippen LogP contribution is -2.11. The molecule has 6 heteroatoms. The predicted molar refractivity (Wildman–Crippen MR) is 83.2 cm³/mol. The van der Waals surface area contributed by atoms with E-state index in [2.05, 4.69) is 10.3 Å². The molecule has 0 saturated carbocycles. The summed E-state index contributed by atoms with van der Waals surface area (Å²) in [7, 11) is 0. The molecule has 0 aliphatic heterocycles. The van der Waals surface area contributed by atoms with Crippen LogP contribution in [0.3, 0.4) is 0 Å². The fourth-order valence-electron chi connectivity index (χ4n) is 2.01. The van der Waals surface area contributed by atoms with Gasteiger partial charge in [-0.25, -0.2) is 4.98 Å². The summed E-state index contributed by atoms with van der Waals surface area (Å²) in [5.74, 6) is 0.286. The summed E-state index contributed by atoms with van der Waals surface area (Å²) < 4.78 is 5.39. The normalized spacial score (nSPS) is 10.8. The second-order valence-corrected chi connectivity index (χ2v) is 5.40. The smallest absolute Gasteiger partial charge is 0.255 e. The van der Waals surface area contributed by atoms with E-state index in [1.54, 1.807) is 43.3 Å². The Balaban J connectivity index is 1.88. The van der Waals surface area contributed by atoms with Gasteiger partial charge in [-0.2, -0.15) is 0 Å². The molecule has 0 saturated heterocycles. The first-order valence-electron chi connectivity index (χ1n) is 6.16. The molecule has 1 N–H and O–H groups in total. The van der Waals surface area contributed by atoms with Crippen LogP contribution in [0.5, 0.6) is 0 Å². The third-order valence-electron chi connectivity index (χ3n) is 2.88. The Bertz CT molecular complexity index is 823. The lowest BCUT2D eigenvalue weighted by molar-refractivity contribution is 0.102. The largest absolute Gasteiger partial charge is 0.441 e. The van der Waals surface area contributed by atoms with Crippen molar-refractivity contribution in [2.45, 2.75) is 6.92 Å². The van der Waals surface area contributed by atoms with Crippen molar-refractivity contribution in [3.8, 4) is 0 Å². The van der Waals surface area contributed by atoms with Crippen molar-refractivity contribution in [2.24, 2.45) is 0 Å². The quantitative estimate of drug-likeness (QED) is 0.744. The minimum atomic E-state index is -0.293. The maximum atomic E-state index is 12.2. The van der Waals surface area contributed by atoms with Gasteiger partial charge in [0.05, 0.1) is 0 Å². The predicted octanol–water partition coefficient (Wildman–Crippen LogP) is 4.70. The first-order chi connectivity index (χ1) is 10.0. The number of hydrogen-bond acceptors (Lipinski definition) is 3. The van der Waals surface area contributed by atoms with Crippen LogP contribution in [0.15, 0.2) is 40.8 Å². The Morgan fingerprint density at radius 2 is 1.86 bits per heavy atom. The van der Waals surface area contributed by atoms with Crippen LogP contribution < -0.4 is 5.32 Å². The molecular weight excluding hydrogens is 311 g/mol. The van der Waals surface area contributed by atoms with Gasteiger partial charge in [0.15, 0.2) is 11.5 Å². The van der Waals surface area contributed by atoms with E-state index < -0.39 is 0 Å². The van der Waals surface area contributed by atoms with Crippen LogP contribution in [0.4, 0.5) is 5.69 Å². The van der Waals surface area contributed by atoms with Gasteiger partial charge in [0.25, 0.3) is 5.91 Å². The van der Waals surface area contributed by atoms with Gasteiger partial charge in [-0.15, -0.1) is 0 Å². The van der Waals surface area contributed by atoms with Gasteiger partial charge in [0.1, 0.15) is 5.52 Å². The van der Waals surface area contributed by atoms with Gasteiger partial charge in [-0.1, -0.05) is 23.2 Å². The van der Waals surface area contributed by atoms with Crippen LogP contribution in [0.2, 0.25) is 10.0 Å². The number of amides is 1. The molecule has 3 rings (SSSR count). The molecule has 0 unspecified atom stereocenters. The molecular formula is C15H10Cl2N2O2. The van der Waals surface area contributed by atoms with Crippen molar-refractivity contribution in [2.75, 3.05) is 5.32 Å². The van der Waals surface area contributed by atoms with Crippen molar-refractivity contribution < 1.29 is 9.21 Å². The van der Waals surface area contributed by atoms with Crippen molar-refractivity contribution in [3.63, 3.8) is 0 Å². The molecule has 0 radical (unpaired) electrons. The third-order valence-corrected chi connectivity index (χ3v) is 3.31. The highest BCUT2D eigenvalue weighted by molar-refractivity contribution is 6.35. The van der Waals surface area contributed by atoms with Crippen molar-refractivity contribution >= 4 is 45.9 Å². The molecule has 4 nitrogen and oxygen atoms in total. The highest BCUT2D eigenvalue weighted by Crippen LogP contribution is 2.22. The van der Waals surface area contributed by atoms with E-state index >= 15 is 0 Å². The van der Waals surface area contributed by atoms with Gasteiger partial charge in [-0.05, 0) is 36.4 Å². The van der Waals surface area contributed by atoms with Crippen LogP contribution in [0, 0.1) is 6.92 Å². The monoisotopic (exact) mass is 320 g/mol. The molecule has 0 aliphatic rings. The van der Waals surface area contributed by atoms with E-state index in [-0.39, 0.29) is 5.91 Å². The maximum absolute atomic E-state index is 12.2. The van der Waals surface area contributed by atoms with E-state index in [4.69, 9.17) is 27.6 Å². The second kappa shape index (κ2) is 5.39. The van der Waals surface area contributed by atoms with Crippen LogP contribution in [0.25, 0.3) is 11.1 Å². The van der Waals surface area contributed by atoms with Crippen molar-refractivity contribution in [1.29, 1.82) is 0 Å². The number of aromatic nitrogens is 1. The number of halogens is 2. The number of carbonyl (C=O) groups is 1. The van der Waals surface area contributed by atoms with Gasteiger partial charge in [0.2, 0.25) is 0 Å². The summed E-state index contributed by atoms with van der Waals surface area (Å²) in [5.41, 5.74) is 2.38. The number of benzene rings is 2. The number of oxazole rings is 1. The Morgan fingerprint density at radius 1 is 1.14 bits per heavy atom. The minimum Gasteiger partial charge on any atom is -0.441 e. The maximum Gasteiger partial charge on any atom is 0.255 e. The summed E-state index contributed by atoms with van der Waals surface area (Å²) in [6.07, 6.45) is 0. The van der Waals surface area contributed by atoms with E-state index in [1.807, 2.05) is 0 Å². The number of fused-ring (bicyclic) bond motifs is 1. The second-order valence-electron chi connectivity index (χ2n) is 4.53. The van der Waals surface area contributed by atoms with Gasteiger partial charge < -0.3 is 9.73 Å². The molecule has 3 aromatic rings. The van der Waals surface area contributed by atoms with E-state index in [9.17, 15) is 4.79 Å². The third kappa shape index (κ3) is 3.01. The fourth-order valence-corrected chi connectivity index (χ4v) is 2.53. The Labute approximate surface area is 130 Å². The topological polar surface area (TPSA) is 55.1 Å². The highest BCUT2D eigenvalue weighted by Gasteiger charge is 2.10. The molecule has 0 atom stereocenters. The van der Waals surface area contributed by atoms with Crippen LogP contribution in [0.1, 0.15) is 16.2 Å². The lowest BCUT2D eigenvalue weighted by Gasteiger charge is -2.06. The van der Waals surface area contributed by atoms with E-state index in [0.717, 1.165) is 0 Å². The molecule has 0 aliphatic carbocycles. The van der Waals surface area contributed by atoms with E-state index in [0.29, 0.717) is 38.3 Å². The highest BCUT2D eigenvalue weighted by atomic mass is 35.5. The van der Waals surface area contributed by atoms with Crippen LogP contribution >= 0.6 is 23.2 Å². The van der Waals surface area contributed by atoms with Crippen LogP contribution in [-0.4, -0.2) is 10.9 Å². The average molecular weight is 321 g/mol. The standard InChI is InChI=1S/C15H10Cl2N2O2/c1-8-18-13-7-12(2-3-14(13)21-8)19-15(20)9-4-10(16)6-11(17)5-9/h2-7H,1H3,(H,19,20). The number of nitrogens with one attached hydrogen (secondary N) is 1. The van der Waals surface area contributed by atoms with E-state index in [1.165, 1.54) is 0 Å². The zero-order valence-corrected chi connectivity index (χ0v) is 12.5. The first-order valence-corrected chi connectivity index (χ1v) is 6.91. The van der Waals surface area contributed by atoms with Gasteiger partial charge in [0, 0.05) is 28.2 Å². The number of aryl methyl sites for hydroxylation is 1. The first kappa shape index (κ1) is 13.9. The number of anilines is 1. The lowest BCUT2D eigenvalue weighted by atomic mass is 10.2. The van der Waals surface area contributed by atoms with Crippen molar-refractivity contribution in [1.82, 2.24) is 4.98 Å². The number of hydrogen-bond donors (Lipinski definition) is 1. The Morgan fingerprint density at radius 3 is 2.57 bits per heavy atom. The van der Waals surface area contributed by atoms with Crippen LogP contribution in [-0.2, 0) is 0 Å². The minimum absolute atomic E-state index is 0.293. The summed E-state index contributed by atoms with van der Waals surface area (Å²) in [6, 6.07) is 9.94. The number of carbonyl (C=O) groups excluding carboxylic acids is 1. The fraction of sp³-hybridized carbons (Fsp3) is 0.0667. The number of rotatable bonds is 2.